The first-order chi connectivity index (χ1) is 9.11. The lowest BCUT2D eigenvalue weighted by Gasteiger charge is -2.14. The highest BCUT2D eigenvalue weighted by Gasteiger charge is 2.65. The molecule has 3 fully saturated rings. The van der Waals surface area contributed by atoms with Crippen molar-refractivity contribution in [2.75, 3.05) is 6.54 Å². The second-order valence-electron chi connectivity index (χ2n) is 6.31. The molecule has 0 aliphatic heterocycles. The van der Waals surface area contributed by atoms with E-state index in [-0.39, 0.29) is 12.6 Å². The molecule has 3 aliphatic rings. The topological polar surface area (TPSA) is 78.4 Å². The van der Waals surface area contributed by atoms with Gasteiger partial charge in [-0.05, 0) is 49.4 Å². The Hall–Kier alpha value is -1.26. The first-order valence-electron chi connectivity index (χ1n) is 7.39. The van der Waals surface area contributed by atoms with Gasteiger partial charge in [-0.1, -0.05) is 6.92 Å². The van der Waals surface area contributed by atoms with Crippen LogP contribution in [-0.2, 0) is 4.79 Å². The van der Waals surface area contributed by atoms with Crippen molar-refractivity contribution in [2.45, 2.75) is 38.6 Å². The Labute approximate surface area is 113 Å². The molecule has 0 radical (unpaired) electrons. The maximum Gasteiger partial charge on any atom is 0.315 e. The molecule has 3 aliphatic carbocycles. The van der Waals surface area contributed by atoms with Crippen LogP contribution in [-0.4, -0.2) is 29.7 Å². The Morgan fingerprint density at radius 1 is 1.26 bits per heavy atom. The van der Waals surface area contributed by atoms with E-state index in [0.717, 1.165) is 11.8 Å². The van der Waals surface area contributed by atoms with Crippen LogP contribution in [0.25, 0.3) is 0 Å². The smallest absolute Gasteiger partial charge is 0.315 e. The van der Waals surface area contributed by atoms with Crippen LogP contribution in [0.15, 0.2) is 0 Å². The van der Waals surface area contributed by atoms with E-state index >= 15 is 0 Å². The van der Waals surface area contributed by atoms with Gasteiger partial charge in [-0.3, -0.25) is 4.79 Å². The molecular weight excluding hydrogens is 244 g/mol. The quantitative estimate of drug-likeness (QED) is 0.704. The number of aliphatic carboxylic acids is 1. The van der Waals surface area contributed by atoms with Gasteiger partial charge >= 0.3 is 12.0 Å². The van der Waals surface area contributed by atoms with Gasteiger partial charge in [0.15, 0.2) is 0 Å². The number of urea groups is 1. The number of carbonyl (C=O) groups is 2. The first kappa shape index (κ1) is 12.8. The summed E-state index contributed by atoms with van der Waals surface area (Å²) in [5, 5.41) is 14.6. The number of carbonyl (C=O) groups excluding carboxylic acids is 1. The fourth-order valence-corrected chi connectivity index (χ4v) is 4.34. The van der Waals surface area contributed by atoms with Crippen molar-refractivity contribution in [3.8, 4) is 0 Å². The third kappa shape index (κ3) is 2.19. The highest BCUT2D eigenvalue weighted by Crippen LogP contribution is 2.65. The van der Waals surface area contributed by atoms with Crippen LogP contribution >= 0.6 is 0 Å². The molecule has 106 valence electrons. The summed E-state index contributed by atoms with van der Waals surface area (Å²) in [5.74, 6) is 1.77. The van der Waals surface area contributed by atoms with E-state index in [1.54, 1.807) is 0 Å². The minimum atomic E-state index is -0.843. The molecule has 5 nitrogen and oxygen atoms in total. The molecule has 3 saturated carbocycles. The molecule has 5 heteroatoms. The van der Waals surface area contributed by atoms with Gasteiger partial charge in [0.2, 0.25) is 0 Å². The summed E-state index contributed by atoms with van der Waals surface area (Å²) >= 11 is 0. The summed E-state index contributed by atoms with van der Waals surface area (Å²) < 4.78 is 0. The predicted octanol–water partition coefficient (Wildman–Crippen LogP) is 1.44. The predicted molar refractivity (Wildman–Crippen MR) is 69.6 cm³/mol. The summed E-state index contributed by atoms with van der Waals surface area (Å²) in [6, 6.07) is 0.162. The number of carboxylic acids is 1. The normalized spacial score (nSPS) is 39.5. The minimum Gasteiger partial charge on any atom is -0.481 e. The van der Waals surface area contributed by atoms with Crippen molar-refractivity contribution in [1.82, 2.24) is 10.6 Å². The molecule has 19 heavy (non-hydrogen) atoms. The Kier molecular flexibility index (Phi) is 3.15. The maximum absolute atomic E-state index is 11.8. The monoisotopic (exact) mass is 266 g/mol. The van der Waals surface area contributed by atoms with Crippen LogP contribution in [0, 0.1) is 29.6 Å². The third-order valence-corrected chi connectivity index (χ3v) is 5.38. The van der Waals surface area contributed by atoms with Crippen LogP contribution < -0.4 is 10.6 Å². The van der Waals surface area contributed by atoms with Crippen molar-refractivity contribution in [1.29, 1.82) is 0 Å². The lowest BCUT2D eigenvalue weighted by atomic mass is 10.0. The number of hydrogen-bond donors (Lipinski definition) is 3. The molecule has 2 bridgehead atoms. The van der Waals surface area contributed by atoms with Crippen molar-refractivity contribution in [3.63, 3.8) is 0 Å². The fraction of sp³-hybridized carbons (Fsp3) is 0.857. The Morgan fingerprint density at radius 3 is 2.42 bits per heavy atom. The van der Waals surface area contributed by atoms with E-state index in [2.05, 4.69) is 10.6 Å². The number of hydrogen-bond acceptors (Lipinski definition) is 2. The van der Waals surface area contributed by atoms with E-state index in [9.17, 15) is 9.59 Å². The van der Waals surface area contributed by atoms with Gasteiger partial charge in [0.05, 0.1) is 5.92 Å². The molecule has 5 atom stereocenters. The second-order valence-corrected chi connectivity index (χ2v) is 6.31. The number of carboxylic acid groups (broad SMARTS) is 1. The van der Waals surface area contributed by atoms with Crippen molar-refractivity contribution in [2.24, 2.45) is 29.6 Å². The van der Waals surface area contributed by atoms with Gasteiger partial charge in [0.1, 0.15) is 0 Å². The molecule has 0 heterocycles. The van der Waals surface area contributed by atoms with Crippen molar-refractivity contribution < 1.29 is 14.7 Å². The van der Waals surface area contributed by atoms with Gasteiger partial charge in [0, 0.05) is 12.6 Å². The lowest BCUT2D eigenvalue weighted by molar-refractivity contribution is -0.141. The molecule has 0 saturated heterocycles. The van der Waals surface area contributed by atoms with Gasteiger partial charge in [-0.15, -0.1) is 0 Å². The largest absolute Gasteiger partial charge is 0.481 e. The molecule has 3 rings (SSSR count). The van der Waals surface area contributed by atoms with E-state index in [4.69, 9.17) is 5.11 Å². The number of fused-ring (bicyclic) bond motifs is 5. The van der Waals surface area contributed by atoms with Crippen LogP contribution in [0.4, 0.5) is 4.79 Å². The molecule has 5 unspecified atom stereocenters. The van der Waals surface area contributed by atoms with Crippen LogP contribution in [0.1, 0.15) is 32.6 Å². The summed E-state index contributed by atoms with van der Waals surface area (Å²) in [5.41, 5.74) is 0. The highest BCUT2D eigenvalue weighted by atomic mass is 16.4. The van der Waals surface area contributed by atoms with Gasteiger partial charge in [-0.2, -0.15) is 0 Å². The highest BCUT2D eigenvalue weighted by molar-refractivity contribution is 5.76. The van der Waals surface area contributed by atoms with Crippen molar-refractivity contribution >= 4 is 12.0 Å². The Bertz CT molecular complexity index is 382. The summed E-state index contributed by atoms with van der Waals surface area (Å²) in [4.78, 5) is 22.6. The zero-order valence-corrected chi connectivity index (χ0v) is 11.3. The lowest BCUT2D eigenvalue weighted by Crippen LogP contribution is -2.42. The molecular formula is C14H22N2O3. The standard InChI is InChI=1S/C14H22N2O3/c1-2-7(13(17)18)6-15-14(19)16-12-10-8-3-4-9(5-8)11(10)12/h7-12H,2-6H2,1H3,(H,17,18)(H2,15,16,19). The second kappa shape index (κ2) is 4.69. The minimum absolute atomic E-state index is 0.196. The number of rotatable bonds is 5. The van der Waals surface area contributed by atoms with Crippen molar-refractivity contribution in [3.05, 3.63) is 0 Å². The zero-order valence-electron chi connectivity index (χ0n) is 11.3. The summed E-state index contributed by atoms with van der Waals surface area (Å²) in [6.07, 6.45) is 4.58. The fourth-order valence-electron chi connectivity index (χ4n) is 4.34. The molecule has 0 aromatic heterocycles. The SMILES string of the molecule is CCC(CNC(=O)NC1C2C3CCC(C3)C12)C(=O)O. The average molecular weight is 266 g/mol. The third-order valence-electron chi connectivity index (χ3n) is 5.38. The van der Waals surface area contributed by atoms with E-state index in [1.165, 1.54) is 19.3 Å². The summed E-state index contributed by atoms with van der Waals surface area (Å²) in [7, 11) is 0. The van der Waals surface area contributed by atoms with E-state index in [1.807, 2.05) is 6.92 Å². The van der Waals surface area contributed by atoms with Crippen LogP contribution in [0.5, 0.6) is 0 Å². The molecule has 0 aromatic carbocycles. The molecule has 2 amide bonds. The average Bonchev–Trinajstić information content (AvgIpc) is 2.77. The van der Waals surface area contributed by atoms with Crippen LogP contribution in [0.2, 0.25) is 0 Å². The van der Waals surface area contributed by atoms with Gasteiger partial charge < -0.3 is 15.7 Å². The van der Waals surface area contributed by atoms with E-state index in [0.29, 0.717) is 24.3 Å². The van der Waals surface area contributed by atoms with Gasteiger partial charge in [0.25, 0.3) is 0 Å². The number of amides is 2. The summed E-state index contributed by atoms with van der Waals surface area (Å²) in [6.45, 7) is 2.04. The zero-order chi connectivity index (χ0) is 13.6. The molecule has 3 N–H and O–H groups in total. The molecule has 0 spiro atoms. The van der Waals surface area contributed by atoms with E-state index < -0.39 is 11.9 Å². The van der Waals surface area contributed by atoms with Crippen LogP contribution in [0.3, 0.4) is 0 Å². The number of nitrogens with one attached hydrogen (secondary N) is 2. The molecule has 0 aromatic rings. The first-order valence-corrected chi connectivity index (χ1v) is 7.39. The maximum atomic E-state index is 11.8. The Balaban J connectivity index is 1.42. The Morgan fingerprint density at radius 2 is 1.89 bits per heavy atom. The van der Waals surface area contributed by atoms with Gasteiger partial charge in [-0.25, -0.2) is 4.79 Å².